The molecule has 11 heteroatoms. The number of carbonyl (C=O) groups is 1. The zero-order valence-electron chi connectivity index (χ0n) is 23.1. The summed E-state index contributed by atoms with van der Waals surface area (Å²) in [6.07, 6.45) is -4.70. The molecule has 0 aliphatic rings. The molecule has 0 aromatic heterocycles. The van der Waals surface area contributed by atoms with Gasteiger partial charge in [-0.05, 0) is 73.2 Å². The van der Waals surface area contributed by atoms with E-state index in [1.54, 1.807) is 24.3 Å². The molecule has 0 fully saturated rings. The number of alkyl halides is 3. The Morgan fingerprint density at radius 2 is 1.56 bits per heavy atom. The van der Waals surface area contributed by atoms with Crippen molar-refractivity contribution in [3.63, 3.8) is 0 Å². The third-order valence-electron chi connectivity index (χ3n) is 6.64. The van der Waals surface area contributed by atoms with Gasteiger partial charge in [0.25, 0.3) is 0 Å². The van der Waals surface area contributed by atoms with Crippen LogP contribution in [-0.2, 0) is 33.8 Å². The molecule has 3 aromatic rings. The van der Waals surface area contributed by atoms with Crippen LogP contribution in [0.1, 0.15) is 37.0 Å². The Labute approximate surface area is 238 Å². The van der Waals surface area contributed by atoms with Gasteiger partial charge in [0.05, 0.1) is 16.6 Å². The van der Waals surface area contributed by atoms with Crippen molar-refractivity contribution in [2.45, 2.75) is 55.8 Å². The van der Waals surface area contributed by atoms with Crippen LogP contribution in [0.4, 0.5) is 13.2 Å². The summed E-state index contributed by atoms with van der Waals surface area (Å²) >= 11 is 0. The number of hydrogen-bond acceptors (Lipinski definition) is 5. The lowest BCUT2D eigenvalue weighted by atomic mass is 9.94. The lowest BCUT2D eigenvalue weighted by Crippen LogP contribution is -2.47. The van der Waals surface area contributed by atoms with E-state index in [9.17, 15) is 31.5 Å². The fourth-order valence-electron chi connectivity index (χ4n) is 4.41. The Morgan fingerprint density at radius 3 is 2.17 bits per heavy atom. The number of aliphatic carboxylic acids is 1. The largest absolute Gasteiger partial charge is 0.481 e. The number of carboxylic acids is 1. The zero-order valence-corrected chi connectivity index (χ0v) is 24.0. The molecule has 222 valence electrons. The summed E-state index contributed by atoms with van der Waals surface area (Å²) in [6, 6.07) is 18.6. The minimum absolute atomic E-state index is 0.00785. The summed E-state index contributed by atoms with van der Waals surface area (Å²) in [5.41, 5.74) is 1.63. The van der Waals surface area contributed by atoms with Crippen LogP contribution in [0.2, 0.25) is 0 Å². The van der Waals surface area contributed by atoms with Crippen LogP contribution in [0.15, 0.2) is 77.7 Å². The van der Waals surface area contributed by atoms with E-state index in [0.717, 1.165) is 27.6 Å². The maximum absolute atomic E-state index is 13.3. The number of halogens is 3. The molecule has 7 nitrogen and oxygen atoms in total. The van der Waals surface area contributed by atoms with E-state index in [1.807, 2.05) is 32.0 Å². The summed E-state index contributed by atoms with van der Waals surface area (Å²) in [4.78, 5) is 11.0. The molecule has 3 rings (SSSR count). The number of sulfonamides is 1. The smallest absolute Gasteiger partial charge is 0.416 e. The summed E-state index contributed by atoms with van der Waals surface area (Å²) in [5.74, 6) is -0.897. The first-order valence-electron chi connectivity index (χ1n) is 13.0. The number of nitrogens with zero attached hydrogens (tertiary/aromatic N) is 1. The van der Waals surface area contributed by atoms with E-state index >= 15 is 0 Å². The van der Waals surface area contributed by atoms with Crippen LogP contribution >= 0.6 is 0 Å². The van der Waals surface area contributed by atoms with E-state index in [1.165, 1.54) is 25.2 Å². The minimum Gasteiger partial charge on any atom is -0.481 e. The molecule has 1 atom stereocenters. The molecule has 0 aliphatic heterocycles. The number of hydrogen-bond donors (Lipinski definition) is 3. The molecule has 3 aromatic carbocycles. The van der Waals surface area contributed by atoms with Crippen molar-refractivity contribution in [2.75, 3.05) is 20.1 Å². The number of aliphatic hydroxyl groups excluding tert-OH is 1. The van der Waals surface area contributed by atoms with Crippen LogP contribution < -0.4 is 5.32 Å². The molecular formula is C30H35F3N2O5S. The van der Waals surface area contributed by atoms with Crippen LogP contribution in [-0.4, -0.2) is 60.7 Å². The predicted molar refractivity (Wildman–Crippen MR) is 151 cm³/mol. The minimum atomic E-state index is -4.40. The van der Waals surface area contributed by atoms with Crippen molar-refractivity contribution in [1.82, 2.24) is 9.62 Å². The first-order chi connectivity index (χ1) is 19.1. The molecule has 0 amide bonds. The van der Waals surface area contributed by atoms with Gasteiger partial charge in [-0.15, -0.1) is 0 Å². The van der Waals surface area contributed by atoms with Gasteiger partial charge in [-0.1, -0.05) is 48.5 Å². The lowest BCUT2D eigenvalue weighted by molar-refractivity contribution is -0.138. The maximum atomic E-state index is 13.3. The average molecular weight is 593 g/mol. The van der Waals surface area contributed by atoms with Crippen molar-refractivity contribution in [3.05, 3.63) is 89.5 Å². The molecule has 0 bridgehead atoms. The van der Waals surface area contributed by atoms with Gasteiger partial charge in [0.15, 0.2) is 0 Å². The highest BCUT2D eigenvalue weighted by molar-refractivity contribution is 7.89. The molecule has 0 heterocycles. The van der Waals surface area contributed by atoms with Crippen molar-refractivity contribution in [2.24, 2.45) is 0 Å². The summed E-state index contributed by atoms with van der Waals surface area (Å²) in [5, 5.41) is 22.7. The van der Waals surface area contributed by atoms with E-state index in [4.69, 9.17) is 5.11 Å². The molecule has 0 spiro atoms. The van der Waals surface area contributed by atoms with Crippen LogP contribution in [0.25, 0.3) is 11.1 Å². The van der Waals surface area contributed by atoms with Gasteiger partial charge in [-0.2, -0.15) is 17.5 Å². The summed E-state index contributed by atoms with van der Waals surface area (Å²) in [6.45, 7) is 3.58. The number of aryl methyl sites for hydroxylation is 1. The van der Waals surface area contributed by atoms with Gasteiger partial charge < -0.3 is 15.5 Å². The number of rotatable bonds is 13. The average Bonchev–Trinajstić information content (AvgIpc) is 2.90. The van der Waals surface area contributed by atoms with Crippen LogP contribution in [0, 0.1) is 0 Å². The Hall–Kier alpha value is -3.25. The number of likely N-dealkylation sites (N-methyl/N-ethyl adjacent to an activating group) is 1. The molecule has 0 saturated heterocycles. The fraction of sp³-hybridized carbons (Fsp3) is 0.367. The number of carboxylic acid groups (broad SMARTS) is 1. The third kappa shape index (κ3) is 9.39. The fourth-order valence-corrected chi connectivity index (χ4v) is 5.67. The van der Waals surface area contributed by atoms with Gasteiger partial charge in [-0.25, -0.2) is 8.42 Å². The predicted octanol–water partition coefficient (Wildman–Crippen LogP) is 4.98. The second-order valence-corrected chi connectivity index (χ2v) is 12.7. The van der Waals surface area contributed by atoms with Crippen LogP contribution in [0.3, 0.4) is 0 Å². The molecular weight excluding hydrogens is 557 g/mol. The number of benzene rings is 3. The lowest BCUT2D eigenvalue weighted by Gasteiger charge is -2.29. The highest BCUT2D eigenvalue weighted by Gasteiger charge is 2.30. The van der Waals surface area contributed by atoms with Gasteiger partial charge in [0.1, 0.15) is 0 Å². The number of β-amino-alcohol motifs (C(OH)–C–C–N with tert-alkyl or cyclic N) is 1. The Kier molecular flexibility index (Phi) is 10.4. The second kappa shape index (κ2) is 13.2. The van der Waals surface area contributed by atoms with Gasteiger partial charge in [0.2, 0.25) is 10.0 Å². The molecule has 0 aliphatic carbocycles. The first-order valence-corrected chi connectivity index (χ1v) is 14.5. The van der Waals surface area contributed by atoms with E-state index < -0.39 is 39.4 Å². The van der Waals surface area contributed by atoms with Crippen LogP contribution in [0.5, 0.6) is 0 Å². The molecule has 0 unspecified atom stereocenters. The third-order valence-corrected chi connectivity index (χ3v) is 8.46. The van der Waals surface area contributed by atoms with Gasteiger partial charge >= 0.3 is 12.1 Å². The molecule has 0 saturated carbocycles. The summed E-state index contributed by atoms with van der Waals surface area (Å²) < 4.78 is 66.1. The highest BCUT2D eigenvalue weighted by Crippen LogP contribution is 2.30. The van der Waals surface area contributed by atoms with Crippen molar-refractivity contribution < 1.29 is 36.6 Å². The van der Waals surface area contributed by atoms with Gasteiger partial charge in [-0.3, -0.25) is 4.79 Å². The SMILES string of the molecule is CN(C[C@H](O)CNC(C)(C)Cc1ccc(C(F)(F)F)cc1)S(=O)(=O)c1cccc(-c2cccc(CCC(=O)O)c2)c1. The zero-order chi connectivity index (χ0) is 30.4. The molecule has 3 N–H and O–H groups in total. The van der Waals surface area contributed by atoms with E-state index in [2.05, 4.69) is 5.32 Å². The molecule has 41 heavy (non-hydrogen) atoms. The summed E-state index contributed by atoms with van der Waals surface area (Å²) in [7, 11) is -2.56. The Balaban J connectivity index is 1.61. The molecule has 0 radical (unpaired) electrons. The normalized spacial score (nSPS) is 13.4. The maximum Gasteiger partial charge on any atom is 0.416 e. The van der Waals surface area contributed by atoms with Crippen molar-refractivity contribution >= 4 is 16.0 Å². The second-order valence-electron chi connectivity index (χ2n) is 10.7. The van der Waals surface area contributed by atoms with Crippen molar-refractivity contribution in [1.29, 1.82) is 0 Å². The standard InChI is InChI=1S/C30H35F3N2O5S/c1-29(2,18-22-10-13-25(14-11-22)30(31,32)33)34-19-26(36)20-35(3)41(39,40)27-9-5-8-24(17-27)23-7-4-6-21(16-23)12-15-28(37)38/h4-11,13-14,16-17,26,34,36H,12,15,18-20H2,1-3H3,(H,37,38)/t26-/m1/s1. The van der Waals surface area contributed by atoms with Crippen molar-refractivity contribution in [3.8, 4) is 11.1 Å². The van der Waals surface area contributed by atoms with E-state index in [-0.39, 0.29) is 24.4 Å². The Morgan fingerprint density at radius 1 is 0.951 bits per heavy atom. The van der Waals surface area contributed by atoms with E-state index in [0.29, 0.717) is 24.0 Å². The number of aliphatic hydroxyl groups is 1. The quantitative estimate of drug-likeness (QED) is 0.259. The first kappa shape index (κ1) is 32.3. The topological polar surface area (TPSA) is 107 Å². The van der Waals surface area contributed by atoms with Gasteiger partial charge in [0, 0.05) is 32.1 Å². The monoisotopic (exact) mass is 592 g/mol. The Bertz CT molecular complexity index is 1440. The highest BCUT2D eigenvalue weighted by atomic mass is 32.2. The number of nitrogens with one attached hydrogen (secondary N) is 1.